The summed E-state index contributed by atoms with van der Waals surface area (Å²) in [5.74, 6) is -4.38. The molecular formula is C124H112F8N4Si4. The normalized spacial score (nSPS) is 12.1. The van der Waals surface area contributed by atoms with Crippen LogP contribution >= 0.6 is 0 Å². The van der Waals surface area contributed by atoms with Crippen molar-refractivity contribution in [1.82, 2.24) is 0 Å². The van der Waals surface area contributed by atoms with Gasteiger partial charge in [0.05, 0.1) is 77.8 Å². The lowest BCUT2D eigenvalue weighted by Gasteiger charge is -2.30. The molecule has 0 amide bonds. The lowest BCUT2D eigenvalue weighted by Crippen LogP contribution is -2.37. The standard InChI is InChI=1S/2C62H56F4N2Si2/c1-37-27-38(2)30-43(29-37)51-33-55(65)59(35-53(51)63)67(45-15-19-47(20-16-45)69(5,6)7)57-25-13-41-12-24-50-58(26-14-42-11-23-49(57)61(41)62(42)50)68(46-17-21-48(22-18-46)70(8,9)10)60-36-54(64)52(34-56(60)66)44-31-39(3)28-40(4)32-44;1-37-11-13-43(31-39(37)3)51-33-55(65)59(35-53(51)63)67(45-19-23-47(24-20-45)69(5,6)7)57-29-17-41-16-28-50-58(30-18-42-15-27-49(57)61(41)62(42)50)68(46-21-25-48(26-22-46)70(8,9)10)60-36-54(64)52(34-56(60)66)44-14-12-38(2)40(4)32-44/h2*11-36H,1-10H3. The largest absolute Gasteiger partial charge is 0.307 e. The van der Waals surface area contributed by atoms with Gasteiger partial charge in [0.15, 0.2) is 0 Å². The molecule has 0 aliphatic heterocycles. The summed E-state index contributed by atoms with van der Waals surface area (Å²) in [4.78, 5) is 7.30. The van der Waals surface area contributed by atoms with Gasteiger partial charge in [0, 0.05) is 90.8 Å². The first-order chi connectivity index (χ1) is 66.5. The highest BCUT2D eigenvalue weighted by Crippen LogP contribution is 2.53. The zero-order chi connectivity index (χ0) is 99.1. The summed E-state index contributed by atoms with van der Waals surface area (Å²) in [6.45, 7) is 43.1. The highest BCUT2D eigenvalue weighted by molar-refractivity contribution is 6.90. The Morgan fingerprint density at radius 1 is 0.171 bits per heavy atom. The third kappa shape index (κ3) is 17.9. The molecule has 0 saturated carbocycles. The molecule has 0 aromatic heterocycles. The van der Waals surface area contributed by atoms with Crippen LogP contribution in [0.2, 0.25) is 78.6 Å². The Labute approximate surface area is 819 Å². The fourth-order valence-electron chi connectivity index (χ4n) is 20.2. The van der Waals surface area contributed by atoms with Crippen molar-refractivity contribution < 1.29 is 35.1 Å². The number of hydrogen-bond donors (Lipinski definition) is 0. The van der Waals surface area contributed by atoms with E-state index in [1.807, 2.05) is 269 Å². The summed E-state index contributed by atoms with van der Waals surface area (Å²) in [5, 5.41) is 15.7. The maximum absolute atomic E-state index is 17.1. The van der Waals surface area contributed by atoms with Gasteiger partial charge in [-0.1, -0.05) is 316 Å². The van der Waals surface area contributed by atoms with E-state index in [2.05, 4.69) is 151 Å². The van der Waals surface area contributed by atoms with E-state index in [1.165, 1.54) is 69.3 Å². The second-order valence-corrected chi connectivity index (χ2v) is 62.5. The van der Waals surface area contributed by atoms with E-state index in [1.54, 1.807) is 0 Å². The van der Waals surface area contributed by atoms with Gasteiger partial charge in [-0.2, -0.15) is 0 Å². The first kappa shape index (κ1) is 94.9. The third-order valence-electron chi connectivity index (χ3n) is 28.0. The molecule has 0 N–H and O–H groups in total. The number of nitrogens with zero attached hydrogens (tertiary/aromatic N) is 4. The van der Waals surface area contributed by atoms with Crippen molar-refractivity contribution in [2.45, 2.75) is 134 Å². The van der Waals surface area contributed by atoms with Gasteiger partial charge in [-0.25, -0.2) is 35.1 Å². The van der Waals surface area contributed by atoms with E-state index in [0.717, 1.165) is 109 Å². The van der Waals surface area contributed by atoms with Crippen molar-refractivity contribution in [3.05, 3.63) is 406 Å². The van der Waals surface area contributed by atoms with Crippen LogP contribution in [-0.4, -0.2) is 32.3 Å². The van der Waals surface area contributed by atoms with E-state index >= 15 is 35.1 Å². The molecular weight excluding hydrogens is 1810 g/mol. The predicted octanol–water partition coefficient (Wildman–Crippen LogP) is 35.5. The fraction of sp³-hybridized carbons (Fsp3) is 0.161. The third-order valence-corrected chi connectivity index (χ3v) is 36.2. The maximum atomic E-state index is 17.1. The van der Waals surface area contributed by atoms with Gasteiger partial charge in [0.2, 0.25) is 0 Å². The lowest BCUT2D eigenvalue weighted by atomic mass is 9.91. The summed E-state index contributed by atoms with van der Waals surface area (Å²) in [6.07, 6.45) is 0. The number of aryl methyl sites for hydroxylation is 8. The van der Waals surface area contributed by atoms with Crippen molar-refractivity contribution in [3.63, 3.8) is 0 Å². The Morgan fingerprint density at radius 2 is 0.379 bits per heavy atom. The average Bonchev–Trinajstić information content (AvgIpc) is 0.718. The molecule has 0 aliphatic rings. The van der Waals surface area contributed by atoms with Crippen molar-refractivity contribution in [1.29, 1.82) is 0 Å². The summed E-state index contributed by atoms with van der Waals surface area (Å²) < 4.78 is 135. The highest BCUT2D eigenvalue weighted by atomic mass is 28.3. The molecule has 0 aliphatic carbocycles. The Morgan fingerprint density at radius 3 is 0.586 bits per heavy atom. The molecule has 0 spiro atoms. The predicted molar refractivity (Wildman–Crippen MR) is 590 cm³/mol. The fourth-order valence-corrected chi connectivity index (χ4v) is 24.9. The zero-order valence-corrected chi connectivity index (χ0v) is 86.8. The van der Waals surface area contributed by atoms with Crippen LogP contribution < -0.4 is 40.3 Å². The van der Waals surface area contributed by atoms with Crippen LogP contribution in [0.15, 0.2) is 315 Å². The summed E-state index contributed by atoms with van der Waals surface area (Å²) in [5.41, 5.74) is 16.9. The van der Waals surface area contributed by atoms with Crippen molar-refractivity contribution in [3.8, 4) is 44.5 Å². The van der Waals surface area contributed by atoms with Gasteiger partial charge >= 0.3 is 0 Å². The van der Waals surface area contributed by atoms with Crippen LogP contribution in [0.3, 0.4) is 0 Å². The smallest absolute Gasteiger partial charge is 0.148 e. The van der Waals surface area contributed by atoms with Crippen molar-refractivity contribution >= 4 is 186 Å². The summed E-state index contributed by atoms with van der Waals surface area (Å²) in [6, 6.07) is 98.6. The second kappa shape index (κ2) is 36.3. The molecule has 0 radical (unpaired) electrons. The number of rotatable bonds is 20. The monoisotopic (exact) mass is 1920 g/mol. The van der Waals surface area contributed by atoms with E-state index < -0.39 is 78.8 Å². The molecule has 4 nitrogen and oxygen atoms in total. The van der Waals surface area contributed by atoms with E-state index in [9.17, 15) is 0 Å². The molecule has 0 heterocycles. The lowest BCUT2D eigenvalue weighted by molar-refractivity contribution is 0.604. The Kier molecular flexibility index (Phi) is 24.6. The Bertz CT molecular complexity index is 7770. The van der Waals surface area contributed by atoms with Crippen LogP contribution in [0.5, 0.6) is 0 Å². The number of benzene rings is 20. The molecule has 0 bridgehead atoms. The van der Waals surface area contributed by atoms with Gasteiger partial charge in [-0.15, -0.1) is 0 Å². The molecule has 140 heavy (non-hydrogen) atoms. The molecule has 0 fully saturated rings. The molecule has 700 valence electrons. The van der Waals surface area contributed by atoms with E-state index in [0.29, 0.717) is 67.8 Å². The summed E-state index contributed by atoms with van der Waals surface area (Å²) >= 11 is 0. The molecule has 0 unspecified atom stereocenters. The minimum atomic E-state index is -1.72. The zero-order valence-electron chi connectivity index (χ0n) is 82.8. The Hall–Kier alpha value is -14.0. The highest BCUT2D eigenvalue weighted by Gasteiger charge is 2.33. The molecule has 0 atom stereocenters. The molecule has 20 aromatic carbocycles. The second-order valence-electron chi connectivity index (χ2n) is 42.2. The minimum absolute atomic E-state index is 0.0799. The Balaban J connectivity index is 0.000000178. The molecule has 20 rings (SSSR count). The van der Waals surface area contributed by atoms with Crippen LogP contribution in [0, 0.1) is 102 Å². The first-order valence-corrected chi connectivity index (χ1v) is 61.8. The van der Waals surface area contributed by atoms with Gasteiger partial charge < -0.3 is 19.6 Å². The topological polar surface area (TPSA) is 13.0 Å². The van der Waals surface area contributed by atoms with E-state index in [4.69, 9.17) is 0 Å². The van der Waals surface area contributed by atoms with Gasteiger partial charge in [-0.3, -0.25) is 0 Å². The molecule has 20 aromatic rings. The minimum Gasteiger partial charge on any atom is -0.307 e. The quantitative estimate of drug-likeness (QED) is 0.0428. The SMILES string of the molecule is Cc1cc(C)cc(-c2cc(F)c(N(c3ccc([Si](C)(C)C)cc3)c3ccc4ccc5c(N(c6ccc([Si](C)(C)C)cc6)c6cc(F)c(-c7cc(C)cc(C)c7)cc6F)ccc6ccc3c4c65)cc2F)c1.Cc1ccc(-c2cc(F)c(N(c3ccc([Si](C)(C)C)cc3)c3ccc4ccc5c(N(c6ccc([Si](C)(C)C)cc6)c6cc(F)c(-c7ccc(C)c(C)c7)cc6F)ccc6ccc3c4c65)cc2F)cc1C. The average molecular weight is 1920 g/mol. The molecule has 16 heteroatoms. The maximum Gasteiger partial charge on any atom is 0.148 e. The van der Waals surface area contributed by atoms with Crippen LogP contribution in [0.25, 0.3) is 109 Å². The number of hydrogen-bond acceptors (Lipinski definition) is 4. The summed E-state index contributed by atoms with van der Waals surface area (Å²) in [7, 11) is -6.86. The first-order valence-electron chi connectivity index (χ1n) is 47.8. The van der Waals surface area contributed by atoms with Crippen molar-refractivity contribution in [2.75, 3.05) is 19.6 Å². The molecule has 0 saturated heterocycles. The van der Waals surface area contributed by atoms with Crippen LogP contribution in [-0.2, 0) is 0 Å². The van der Waals surface area contributed by atoms with Gasteiger partial charge in [0.25, 0.3) is 0 Å². The van der Waals surface area contributed by atoms with Gasteiger partial charge in [0.1, 0.15) is 46.5 Å². The van der Waals surface area contributed by atoms with Crippen molar-refractivity contribution in [2.24, 2.45) is 0 Å². The van der Waals surface area contributed by atoms with Crippen LogP contribution in [0.1, 0.15) is 44.5 Å². The van der Waals surface area contributed by atoms with Crippen LogP contribution in [0.4, 0.5) is 103 Å². The number of halogens is 8. The van der Waals surface area contributed by atoms with E-state index in [-0.39, 0.29) is 45.0 Å². The number of anilines is 12. The van der Waals surface area contributed by atoms with Gasteiger partial charge in [-0.05, 0) is 240 Å².